The first-order valence-electron chi connectivity index (χ1n) is 3.92. The van der Waals surface area contributed by atoms with Crippen LogP contribution in [0.15, 0.2) is 12.7 Å². The zero-order chi connectivity index (χ0) is 7.45. The summed E-state index contributed by atoms with van der Waals surface area (Å²) in [7, 11) is 0. The van der Waals surface area contributed by atoms with Crippen LogP contribution in [0.4, 0.5) is 0 Å². The van der Waals surface area contributed by atoms with Gasteiger partial charge in [-0.25, -0.2) is 0 Å². The van der Waals surface area contributed by atoms with Crippen molar-refractivity contribution in [3.8, 4) is 0 Å². The average molecular weight is 140 g/mol. The first kappa shape index (κ1) is 7.76. The van der Waals surface area contributed by atoms with E-state index in [1.54, 1.807) is 0 Å². The van der Waals surface area contributed by atoms with Gasteiger partial charge in [-0.15, -0.1) is 6.58 Å². The predicted octanol–water partition coefficient (Wildman–Crippen LogP) is 0.991. The lowest BCUT2D eigenvalue weighted by atomic mass is 9.96. The number of nitrogens with two attached hydrogens (primary N) is 1. The molecule has 1 heterocycles. The zero-order valence-corrected chi connectivity index (χ0v) is 6.40. The molecule has 1 atom stereocenters. The molecule has 2 heteroatoms. The second kappa shape index (κ2) is 3.17. The van der Waals surface area contributed by atoms with Crippen LogP contribution in [0.3, 0.4) is 0 Å². The SMILES string of the molecule is C=CCC1(N)CCCCN1. The van der Waals surface area contributed by atoms with Crippen molar-refractivity contribution < 1.29 is 0 Å². The Morgan fingerprint density at radius 2 is 2.40 bits per heavy atom. The number of nitrogens with one attached hydrogen (secondary N) is 1. The predicted molar refractivity (Wildman–Crippen MR) is 43.6 cm³/mol. The van der Waals surface area contributed by atoms with Crippen LogP contribution in [0.2, 0.25) is 0 Å². The van der Waals surface area contributed by atoms with E-state index in [0.29, 0.717) is 0 Å². The third-order valence-electron chi connectivity index (χ3n) is 2.04. The average Bonchev–Trinajstić information content (AvgIpc) is 1.89. The third kappa shape index (κ3) is 1.82. The van der Waals surface area contributed by atoms with Crippen molar-refractivity contribution in [2.45, 2.75) is 31.3 Å². The van der Waals surface area contributed by atoms with Crippen molar-refractivity contribution in [3.05, 3.63) is 12.7 Å². The Balaban J connectivity index is 2.39. The molecule has 1 unspecified atom stereocenters. The molecule has 0 aromatic rings. The van der Waals surface area contributed by atoms with E-state index in [1.165, 1.54) is 12.8 Å². The van der Waals surface area contributed by atoms with Crippen molar-refractivity contribution >= 4 is 0 Å². The molecule has 0 aromatic carbocycles. The van der Waals surface area contributed by atoms with Crippen LogP contribution in [-0.4, -0.2) is 12.2 Å². The van der Waals surface area contributed by atoms with Crippen molar-refractivity contribution in [2.75, 3.05) is 6.54 Å². The van der Waals surface area contributed by atoms with Gasteiger partial charge in [-0.05, 0) is 32.2 Å². The molecule has 0 aliphatic carbocycles. The zero-order valence-electron chi connectivity index (χ0n) is 6.40. The highest BCUT2D eigenvalue weighted by Crippen LogP contribution is 2.16. The van der Waals surface area contributed by atoms with Gasteiger partial charge >= 0.3 is 0 Å². The normalized spacial score (nSPS) is 33.7. The summed E-state index contributed by atoms with van der Waals surface area (Å²) in [5.74, 6) is 0. The van der Waals surface area contributed by atoms with Gasteiger partial charge in [0.1, 0.15) is 0 Å². The third-order valence-corrected chi connectivity index (χ3v) is 2.04. The van der Waals surface area contributed by atoms with Crippen molar-refractivity contribution in [1.82, 2.24) is 5.32 Å². The van der Waals surface area contributed by atoms with E-state index in [2.05, 4.69) is 11.9 Å². The Morgan fingerprint density at radius 1 is 1.60 bits per heavy atom. The number of hydrogen-bond donors (Lipinski definition) is 2. The van der Waals surface area contributed by atoms with Gasteiger partial charge in [-0.2, -0.15) is 0 Å². The van der Waals surface area contributed by atoms with Crippen molar-refractivity contribution in [3.63, 3.8) is 0 Å². The molecule has 0 amide bonds. The summed E-state index contributed by atoms with van der Waals surface area (Å²) >= 11 is 0. The fraction of sp³-hybridized carbons (Fsp3) is 0.750. The molecule has 0 saturated carbocycles. The smallest absolute Gasteiger partial charge is 0.0697 e. The van der Waals surface area contributed by atoms with Crippen LogP contribution in [-0.2, 0) is 0 Å². The molecule has 3 N–H and O–H groups in total. The topological polar surface area (TPSA) is 38.0 Å². The molecule has 1 aliphatic heterocycles. The van der Waals surface area contributed by atoms with Crippen LogP contribution in [0, 0.1) is 0 Å². The van der Waals surface area contributed by atoms with E-state index in [0.717, 1.165) is 19.4 Å². The van der Waals surface area contributed by atoms with Gasteiger partial charge in [0.15, 0.2) is 0 Å². The summed E-state index contributed by atoms with van der Waals surface area (Å²) in [5.41, 5.74) is 5.85. The minimum absolute atomic E-state index is 0.139. The maximum Gasteiger partial charge on any atom is 0.0697 e. The highest BCUT2D eigenvalue weighted by Gasteiger charge is 2.24. The summed E-state index contributed by atoms with van der Waals surface area (Å²) in [6, 6.07) is 0. The molecule has 0 radical (unpaired) electrons. The number of rotatable bonds is 2. The van der Waals surface area contributed by atoms with Crippen molar-refractivity contribution in [1.29, 1.82) is 0 Å². The Labute approximate surface area is 62.5 Å². The minimum Gasteiger partial charge on any atom is -0.313 e. The van der Waals surface area contributed by atoms with E-state index in [-0.39, 0.29) is 5.66 Å². The van der Waals surface area contributed by atoms with E-state index in [9.17, 15) is 0 Å². The van der Waals surface area contributed by atoms with E-state index in [1.807, 2.05) is 6.08 Å². The Bertz CT molecular complexity index is 114. The quantitative estimate of drug-likeness (QED) is 0.561. The lowest BCUT2D eigenvalue weighted by molar-refractivity contribution is 0.264. The summed E-state index contributed by atoms with van der Waals surface area (Å²) < 4.78 is 0. The largest absolute Gasteiger partial charge is 0.313 e. The standard InChI is InChI=1S/C8H16N2/c1-2-5-8(9)6-3-4-7-10-8/h2,10H,1,3-7,9H2. The first-order valence-corrected chi connectivity index (χ1v) is 3.92. The monoisotopic (exact) mass is 140 g/mol. The van der Waals surface area contributed by atoms with Gasteiger partial charge in [0.2, 0.25) is 0 Å². The van der Waals surface area contributed by atoms with Gasteiger partial charge in [0.25, 0.3) is 0 Å². The van der Waals surface area contributed by atoms with E-state index < -0.39 is 0 Å². The fourth-order valence-corrected chi connectivity index (χ4v) is 1.42. The maximum atomic E-state index is 5.99. The molecule has 0 bridgehead atoms. The van der Waals surface area contributed by atoms with Gasteiger partial charge in [0.05, 0.1) is 5.66 Å². The lowest BCUT2D eigenvalue weighted by Gasteiger charge is -2.33. The first-order chi connectivity index (χ1) is 4.77. The molecular weight excluding hydrogens is 124 g/mol. The lowest BCUT2D eigenvalue weighted by Crippen LogP contribution is -2.55. The van der Waals surface area contributed by atoms with Gasteiger partial charge in [0, 0.05) is 0 Å². The summed E-state index contributed by atoms with van der Waals surface area (Å²) in [6.45, 7) is 4.74. The summed E-state index contributed by atoms with van der Waals surface area (Å²) in [6.07, 6.45) is 6.36. The molecule has 1 fully saturated rings. The fourth-order valence-electron chi connectivity index (χ4n) is 1.42. The Hall–Kier alpha value is -0.340. The van der Waals surface area contributed by atoms with Gasteiger partial charge in [-0.3, -0.25) is 5.32 Å². The molecule has 2 nitrogen and oxygen atoms in total. The Morgan fingerprint density at radius 3 is 2.90 bits per heavy atom. The molecule has 1 rings (SSSR count). The molecule has 1 aliphatic rings. The van der Waals surface area contributed by atoms with Crippen LogP contribution in [0.25, 0.3) is 0 Å². The Kier molecular flexibility index (Phi) is 2.46. The molecule has 1 saturated heterocycles. The highest BCUT2D eigenvalue weighted by atomic mass is 15.1. The van der Waals surface area contributed by atoms with Crippen LogP contribution >= 0.6 is 0 Å². The second-order valence-corrected chi connectivity index (χ2v) is 3.03. The minimum atomic E-state index is -0.139. The summed E-state index contributed by atoms with van der Waals surface area (Å²) in [4.78, 5) is 0. The summed E-state index contributed by atoms with van der Waals surface area (Å²) in [5, 5.41) is 3.30. The van der Waals surface area contributed by atoms with Crippen molar-refractivity contribution in [2.24, 2.45) is 5.73 Å². The molecule has 10 heavy (non-hydrogen) atoms. The van der Waals surface area contributed by atoms with Crippen LogP contribution < -0.4 is 11.1 Å². The molecule has 0 aromatic heterocycles. The van der Waals surface area contributed by atoms with Crippen LogP contribution in [0.5, 0.6) is 0 Å². The van der Waals surface area contributed by atoms with Gasteiger partial charge in [-0.1, -0.05) is 6.08 Å². The maximum absolute atomic E-state index is 5.99. The van der Waals surface area contributed by atoms with Gasteiger partial charge < -0.3 is 5.73 Å². The number of hydrogen-bond acceptors (Lipinski definition) is 2. The molecule has 0 spiro atoms. The number of piperidine rings is 1. The van der Waals surface area contributed by atoms with Crippen LogP contribution in [0.1, 0.15) is 25.7 Å². The second-order valence-electron chi connectivity index (χ2n) is 3.03. The highest BCUT2D eigenvalue weighted by molar-refractivity contribution is 4.90. The molecule has 58 valence electrons. The molecular formula is C8H16N2. The van der Waals surface area contributed by atoms with E-state index in [4.69, 9.17) is 5.73 Å². The van der Waals surface area contributed by atoms with E-state index >= 15 is 0 Å².